The maximum absolute atomic E-state index is 12.7. The van der Waals surface area contributed by atoms with Crippen LogP contribution in [0.15, 0.2) is 22.7 Å². The van der Waals surface area contributed by atoms with Gasteiger partial charge in [0.1, 0.15) is 5.75 Å². The number of alkyl halides is 6. The topological polar surface area (TPSA) is 21.3 Å². The van der Waals surface area contributed by atoms with E-state index in [0.717, 1.165) is 0 Å². The molecule has 0 bridgehead atoms. The van der Waals surface area contributed by atoms with Crippen molar-refractivity contribution in [2.24, 2.45) is 0 Å². The molecule has 1 N–H and O–H groups in total. The minimum atomic E-state index is -4.18. The molecule has 20 heavy (non-hydrogen) atoms. The summed E-state index contributed by atoms with van der Waals surface area (Å²) in [7, 11) is 0. The summed E-state index contributed by atoms with van der Waals surface area (Å²) in [4.78, 5) is 0. The van der Waals surface area contributed by atoms with Gasteiger partial charge in [-0.2, -0.15) is 17.6 Å². The molecule has 0 saturated carbocycles. The zero-order chi connectivity index (χ0) is 15.3. The molecule has 0 atom stereocenters. The third-order valence-corrected chi connectivity index (χ3v) is 2.73. The lowest BCUT2D eigenvalue weighted by Crippen LogP contribution is -2.38. The van der Waals surface area contributed by atoms with Gasteiger partial charge in [0.05, 0.1) is 6.54 Å². The zero-order valence-corrected chi connectivity index (χ0v) is 11.4. The Hall–Kier alpha value is -0.960. The monoisotopic (exact) mass is 365 g/mol. The van der Waals surface area contributed by atoms with E-state index in [0.29, 0.717) is 4.47 Å². The Morgan fingerprint density at radius 3 is 2.40 bits per heavy atom. The van der Waals surface area contributed by atoms with Gasteiger partial charge in [-0.15, -0.1) is 0 Å². The summed E-state index contributed by atoms with van der Waals surface area (Å²) in [6, 6.07) is 4.01. The van der Waals surface area contributed by atoms with Gasteiger partial charge in [0, 0.05) is 16.6 Å². The SMILES string of the molecule is FC(F)Oc1ccc(Br)cc1CNCC(F)(F)C(F)F. The average molecular weight is 366 g/mol. The van der Waals surface area contributed by atoms with Crippen molar-refractivity contribution in [3.63, 3.8) is 0 Å². The summed E-state index contributed by atoms with van der Waals surface area (Å²) in [6.07, 6.45) is -3.80. The number of nitrogens with one attached hydrogen (secondary N) is 1. The molecule has 1 rings (SSSR count). The fraction of sp³-hybridized carbons (Fsp3) is 0.455. The summed E-state index contributed by atoms with van der Waals surface area (Å²) in [5.41, 5.74) is 0.143. The molecular formula is C11H10BrF6NO. The van der Waals surface area contributed by atoms with E-state index in [9.17, 15) is 26.3 Å². The molecule has 0 spiro atoms. The predicted molar refractivity (Wildman–Crippen MR) is 63.4 cm³/mol. The van der Waals surface area contributed by atoms with Gasteiger partial charge in [-0.3, -0.25) is 0 Å². The fourth-order valence-electron chi connectivity index (χ4n) is 1.34. The van der Waals surface area contributed by atoms with Crippen LogP contribution in [0.3, 0.4) is 0 Å². The maximum atomic E-state index is 12.7. The van der Waals surface area contributed by atoms with E-state index < -0.39 is 25.5 Å². The molecule has 0 aliphatic rings. The van der Waals surface area contributed by atoms with Crippen molar-refractivity contribution in [1.29, 1.82) is 0 Å². The predicted octanol–water partition coefficient (Wildman–Crippen LogP) is 4.04. The van der Waals surface area contributed by atoms with Crippen LogP contribution in [-0.2, 0) is 6.54 Å². The first-order valence-corrected chi connectivity index (χ1v) is 6.11. The van der Waals surface area contributed by atoms with Crippen molar-refractivity contribution in [2.75, 3.05) is 6.54 Å². The molecule has 0 aliphatic carbocycles. The molecule has 114 valence electrons. The third-order valence-electron chi connectivity index (χ3n) is 2.23. The van der Waals surface area contributed by atoms with Crippen molar-refractivity contribution < 1.29 is 31.1 Å². The maximum Gasteiger partial charge on any atom is 0.387 e. The first-order valence-electron chi connectivity index (χ1n) is 5.32. The highest BCUT2D eigenvalue weighted by molar-refractivity contribution is 9.10. The first kappa shape index (κ1) is 17.1. The van der Waals surface area contributed by atoms with Gasteiger partial charge in [0.25, 0.3) is 0 Å². The standard InChI is InChI=1S/C11H10BrF6NO/c12-7-1-2-8(20-10(15)16)6(3-7)4-19-5-11(17,18)9(13)14/h1-3,9-10,19H,4-5H2. The summed E-state index contributed by atoms with van der Waals surface area (Å²) in [5, 5.41) is 2.09. The second-order valence-corrected chi connectivity index (χ2v) is 4.71. The van der Waals surface area contributed by atoms with E-state index >= 15 is 0 Å². The highest BCUT2D eigenvalue weighted by atomic mass is 79.9. The number of halogens is 7. The van der Waals surface area contributed by atoms with Crippen LogP contribution in [0.2, 0.25) is 0 Å². The molecule has 0 unspecified atom stereocenters. The van der Waals surface area contributed by atoms with Gasteiger partial charge in [0.2, 0.25) is 0 Å². The van der Waals surface area contributed by atoms with Crippen molar-refractivity contribution >= 4 is 15.9 Å². The second-order valence-electron chi connectivity index (χ2n) is 3.80. The minimum absolute atomic E-state index is 0.143. The van der Waals surface area contributed by atoms with Crippen LogP contribution in [0.1, 0.15) is 5.56 Å². The molecule has 0 aromatic heterocycles. The van der Waals surface area contributed by atoms with Crippen LogP contribution in [0, 0.1) is 0 Å². The average Bonchev–Trinajstić information content (AvgIpc) is 2.31. The van der Waals surface area contributed by atoms with E-state index in [-0.39, 0.29) is 17.9 Å². The smallest absolute Gasteiger partial charge is 0.387 e. The molecule has 0 saturated heterocycles. The molecule has 0 aliphatic heterocycles. The molecule has 0 radical (unpaired) electrons. The minimum Gasteiger partial charge on any atom is -0.434 e. The zero-order valence-electron chi connectivity index (χ0n) is 9.85. The lowest BCUT2D eigenvalue weighted by molar-refractivity contribution is -0.125. The number of benzene rings is 1. The van der Waals surface area contributed by atoms with Gasteiger partial charge in [-0.05, 0) is 18.2 Å². The molecule has 0 fully saturated rings. The molecule has 0 heterocycles. The Balaban J connectivity index is 2.69. The van der Waals surface area contributed by atoms with E-state index in [1.54, 1.807) is 0 Å². The van der Waals surface area contributed by atoms with E-state index in [1.165, 1.54) is 18.2 Å². The van der Waals surface area contributed by atoms with Crippen molar-refractivity contribution in [3.8, 4) is 5.75 Å². The van der Waals surface area contributed by atoms with Crippen molar-refractivity contribution in [1.82, 2.24) is 5.32 Å². The highest BCUT2D eigenvalue weighted by Crippen LogP contribution is 2.26. The summed E-state index contributed by atoms with van der Waals surface area (Å²) in [6.45, 7) is -4.66. The molecule has 2 nitrogen and oxygen atoms in total. The first-order chi connectivity index (χ1) is 9.22. The van der Waals surface area contributed by atoms with Crippen LogP contribution in [0.4, 0.5) is 26.3 Å². The van der Waals surface area contributed by atoms with Gasteiger partial charge in [-0.25, -0.2) is 8.78 Å². The third kappa shape index (κ3) is 5.20. The Bertz CT molecular complexity index is 443. The quantitative estimate of drug-likeness (QED) is 0.736. The van der Waals surface area contributed by atoms with Gasteiger partial charge >= 0.3 is 19.0 Å². The number of hydrogen-bond donors (Lipinski definition) is 1. The normalized spacial score (nSPS) is 12.2. The summed E-state index contributed by atoms with van der Waals surface area (Å²) >= 11 is 3.08. The molecular weight excluding hydrogens is 356 g/mol. The number of rotatable bonds is 7. The van der Waals surface area contributed by atoms with Gasteiger partial charge < -0.3 is 10.1 Å². The largest absolute Gasteiger partial charge is 0.434 e. The van der Waals surface area contributed by atoms with Crippen LogP contribution < -0.4 is 10.1 Å². The molecule has 0 amide bonds. The van der Waals surface area contributed by atoms with Crippen LogP contribution in [-0.4, -0.2) is 25.5 Å². The van der Waals surface area contributed by atoms with Crippen LogP contribution in [0.5, 0.6) is 5.75 Å². The molecule has 1 aromatic carbocycles. The van der Waals surface area contributed by atoms with Gasteiger partial charge in [-0.1, -0.05) is 15.9 Å². The lowest BCUT2D eigenvalue weighted by atomic mass is 10.2. The summed E-state index contributed by atoms with van der Waals surface area (Å²) in [5.74, 6) is -4.40. The van der Waals surface area contributed by atoms with E-state index in [2.05, 4.69) is 26.0 Å². The number of ether oxygens (including phenoxy) is 1. The Morgan fingerprint density at radius 2 is 1.85 bits per heavy atom. The fourth-order valence-corrected chi connectivity index (χ4v) is 1.75. The van der Waals surface area contributed by atoms with E-state index in [4.69, 9.17) is 0 Å². The van der Waals surface area contributed by atoms with Crippen LogP contribution >= 0.6 is 15.9 Å². The summed E-state index contributed by atoms with van der Waals surface area (Å²) < 4.78 is 78.2. The highest BCUT2D eigenvalue weighted by Gasteiger charge is 2.40. The van der Waals surface area contributed by atoms with E-state index in [1.807, 2.05) is 0 Å². The molecule has 1 aromatic rings. The van der Waals surface area contributed by atoms with Crippen molar-refractivity contribution in [3.05, 3.63) is 28.2 Å². The van der Waals surface area contributed by atoms with Crippen LogP contribution in [0.25, 0.3) is 0 Å². The Morgan fingerprint density at radius 1 is 1.20 bits per heavy atom. The Labute approximate surface area is 119 Å². The second kappa shape index (κ2) is 7.16. The molecule has 9 heteroatoms. The number of hydrogen-bond acceptors (Lipinski definition) is 2. The Kier molecular flexibility index (Phi) is 6.12. The van der Waals surface area contributed by atoms with Crippen molar-refractivity contribution in [2.45, 2.75) is 25.5 Å². The lowest BCUT2D eigenvalue weighted by Gasteiger charge is -2.17. The van der Waals surface area contributed by atoms with Gasteiger partial charge in [0.15, 0.2) is 0 Å².